The Balaban J connectivity index is 2.44. The van der Waals surface area contributed by atoms with Crippen molar-refractivity contribution in [2.24, 2.45) is 0 Å². The first-order valence-electron chi connectivity index (χ1n) is 9.66. The van der Waals surface area contributed by atoms with E-state index >= 15 is 0 Å². The Kier molecular flexibility index (Phi) is 6.09. The number of ether oxygens (including phenoxy) is 2. The van der Waals surface area contributed by atoms with E-state index in [4.69, 9.17) is 15.2 Å². The maximum atomic E-state index is 12.9. The van der Waals surface area contributed by atoms with Gasteiger partial charge in [0, 0.05) is 6.54 Å². The molecular formula is C21H34N2O3. The minimum Gasteiger partial charge on any atom is -0.489 e. The molecular weight excluding hydrogens is 328 g/mol. The van der Waals surface area contributed by atoms with Gasteiger partial charge in [0.25, 0.3) is 0 Å². The third kappa shape index (κ3) is 4.43. The first kappa shape index (κ1) is 20.4. The van der Waals surface area contributed by atoms with Gasteiger partial charge in [0.15, 0.2) is 0 Å². The molecule has 1 aliphatic rings. The lowest BCUT2D eigenvalue weighted by Gasteiger charge is -2.47. The van der Waals surface area contributed by atoms with Crippen LogP contribution >= 0.6 is 0 Å². The molecule has 5 nitrogen and oxygen atoms in total. The van der Waals surface area contributed by atoms with E-state index in [2.05, 4.69) is 6.92 Å². The van der Waals surface area contributed by atoms with Gasteiger partial charge >= 0.3 is 6.09 Å². The van der Waals surface area contributed by atoms with Crippen LogP contribution in [0.15, 0.2) is 18.2 Å². The van der Waals surface area contributed by atoms with Crippen molar-refractivity contribution in [1.29, 1.82) is 0 Å². The molecule has 2 rings (SSSR count). The first-order chi connectivity index (χ1) is 12.1. The molecule has 1 aromatic rings. The summed E-state index contributed by atoms with van der Waals surface area (Å²) < 4.78 is 11.6. The van der Waals surface area contributed by atoms with E-state index in [0.717, 1.165) is 31.2 Å². The third-order valence-corrected chi connectivity index (χ3v) is 4.85. The maximum Gasteiger partial charge on any atom is 0.411 e. The summed E-state index contributed by atoms with van der Waals surface area (Å²) >= 11 is 0. The molecule has 26 heavy (non-hydrogen) atoms. The predicted octanol–water partition coefficient (Wildman–Crippen LogP) is 5.08. The van der Waals surface area contributed by atoms with Gasteiger partial charge in [-0.2, -0.15) is 0 Å². The molecule has 1 atom stereocenters. The monoisotopic (exact) mass is 362 g/mol. The molecule has 0 spiro atoms. The number of nitrogen functional groups attached to an aromatic ring is 1. The molecule has 0 aromatic heterocycles. The van der Waals surface area contributed by atoms with Gasteiger partial charge < -0.3 is 15.2 Å². The molecule has 1 fully saturated rings. The molecule has 1 amide bonds. The lowest BCUT2D eigenvalue weighted by Crippen LogP contribution is -2.53. The smallest absolute Gasteiger partial charge is 0.411 e. The topological polar surface area (TPSA) is 64.8 Å². The fourth-order valence-corrected chi connectivity index (χ4v) is 3.67. The number of carbonyl (C=O) groups excluding carboxylic acids is 1. The number of hydrogen-bond acceptors (Lipinski definition) is 4. The molecule has 146 valence electrons. The maximum absolute atomic E-state index is 12.9. The number of piperidine rings is 1. The Morgan fingerprint density at radius 1 is 1.31 bits per heavy atom. The van der Waals surface area contributed by atoms with Gasteiger partial charge in [0.2, 0.25) is 0 Å². The van der Waals surface area contributed by atoms with Crippen molar-refractivity contribution in [1.82, 2.24) is 4.90 Å². The van der Waals surface area contributed by atoms with Crippen molar-refractivity contribution in [2.75, 3.05) is 12.3 Å². The molecule has 0 radical (unpaired) electrons. The van der Waals surface area contributed by atoms with Crippen LogP contribution in [0.1, 0.15) is 72.8 Å². The van der Waals surface area contributed by atoms with Gasteiger partial charge in [-0.15, -0.1) is 0 Å². The Bertz CT molecular complexity index is 637. The molecule has 1 aliphatic heterocycles. The highest BCUT2D eigenvalue weighted by Crippen LogP contribution is 2.43. The van der Waals surface area contributed by atoms with Crippen LogP contribution in [0, 0.1) is 0 Å². The normalized spacial score (nSPS) is 21.0. The van der Waals surface area contributed by atoms with Crippen molar-refractivity contribution < 1.29 is 14.3 Å². The highest BCUT2D eigenvalue weighted by Gasteiger charge is 2.43. The number of amides is 1. The van der Waals surface area contributed by atoms with Gasteiger partial charge in [-0.1, -0.05) is 13.0 Å². The summed E-state index contributed by atoms with van der Waals surface area (Å²) in [5, 5.41) is 0. The third-order valence-electron chi connectivity index (χ3n) is 4.85. The number of carbonyl (C=O) groups is 1. The van der Waals surface area contributed by atoms with Crippen LogP contribution in [-0.4, -0.2) is 29.2 Å². The standard InChI is InChI=1S/C21H34N2O3/c1-7-21(16-10-11-17(22)18(14-16)25-15(2)3)12-8-9-13-23(21)19(24)26-20(4,5)6/h10-11,14-15H,7-9,12-13,22H2,1-6H3. The van der Waals surface area contributed by atoms with Crippen LogP contribution in [0.5, 0.6) is 5.75 Å². The average Bonchev–Trinajstić information content (AvgIpc) is 2.54. The summed E-state index contributed by atoms with van der Waals surface area (Å²) in [6, 6.07) is 5.91. The van der Waals surface area contributed by atoms with Crippen LogP contribution in [0.25, 0.3) is 0 Å². The van der Waals surface area contributed by atoms with E-state index < -0.39 is 5.60 Å². The molecule has 0 saturated carbocycles. The Morgan fingerprint density at radius 3 is 2.58 bits per heavy atom. The van der Waals surface area contributed by atoms with Crippen LogP contribution in [0.2, 0.25) is 0 Å². The Morgan fingerprint density at radius 2 is 2.00 bits per heavy atom. The fraction of sp³-hybridized carbons (Fsp3) is 0.667. The lowest BCUT2D eigenvalue weighted by atomic mass is 9.78. The molecule has 1 saturated heterocycles. The van der Waals surface area contributed by atoms with Crippen molar-refractivity contribution in [2.45, 2.75) is 84.5 Å². The van der Waals surface area contributed by atoms with Gasteiger partial charge in [-0.3, -0.25) is 4.90 Å². The molecule has 1 heterocycles. The highest BCUT2D eigenvalue weighted by atomic mass is 16.6. The molecule has 5 heteroatoms. The largest absolute Gasteiger partial charge is 0.489 e. The van der Waals surface area contributed by atoms with Crippen LogP contribution < -0.4 is 10.5 Å². The van der Waals surface area contributed by atoms with Crippen LogP contribution in [0.4, 0.5) is 10.5 Å². The Labute approximate surface area is 157 Å². The quantitative estimate of drug-likeness (QED) is 0.758. The molecule has 1 unspecified atom stereocenters. The number of hydrogen-bond donors (Lipinski definition) is 1. The second-order valence-corrected chi connectivity index (χ2v) is 8.39. The molecule has 0 bridgehead atoms. The zero-order valence-corrected chi connectivity index (χ0v) is 17.1. The fourth-order valence-electron chi connectivity index (χ4n) is 3.67. The van der Waals surface area contributed by atoms with Gasteiger partial charge in [-0.05, 0) is 78.0 Å². The van der Waals surface area contributed by atoms with E-state index in [1.165, 1.54) is 0 Å². The zero-order valence-electron chi connectivity index (χ0n) is 17.1. The van der Waals surface area contributed by atoms with E-state index in [1.54, 1.807) is 0 Å². The average molecular weight is 363 g/mol. The first-order valence-corrected chi connectivity index (χ1v) is 9.66. The van der Waals surface area contributed by atoms with E-state index in [-0.39, 0.29) is 17.7 Å². The zero-order chi connectivity index (χ0) is 19.5. The summed E-state index contributed by atoms with van der Waals surface area (Å²) in [6.45, 7) is 12.5. The van der Waals surface area contributed by atoms with Crippen LogP contribution in [-0.2, 0) is 10.3 Å². The lowest BCUT2D eigenvalue weighted by molar-refractivity contribution is -0.0193. The van der Waals surface area contributed by atoms with E-state index in [1.807, 2.05) is 57.7 Å². The number of likely N-dealkylation sites (tertiary alicyclic amines) is 1. The summed E-state index contributed by atoms with van der Waals surface area (Å²) in [6.07, 6.45) is 3.59. The van der Waals surface area contributed by atoms with Crippen molar-refractivity contribution in [3.63, 3.8) is 0 Å². The highest BCUT2D eigenvalue weighted by molar-refractivity contribution is 5.70. The summed E-state index contributed by atoms with van der Waals surface area (Å²) in [5.41, 5.74) is 6.88. The van der Waals surface area contributed by atoms with Gasteiger partial charge in [0.1, 0.15) is 11.4 Å². The molecule has 2 N–H and O–H groups in total. The number of benzene rings is 1. The van der Waals surface area contributed by atoms with Crippen molar-refractivity contribution >= 4 is 11.8 Å². The van der Waals surface area contributed by atoms with Gasteiger partial charge in [0.05, 0.1) is 17.3 Å². The summed E-state index contributed by atoms with van der Waals surface area (Å²) in [7, 11) is 0. The van der Waals surface area contributed by atoms with Crippen LogP contribution in [0.3, 0.4) is 0 Å². The minimum atomic E-state index is -0.513. The molecule has 0 aliphatic carbocycles. The minimum absolute atomic E-state index is 0.0402. The second kappa shape index (κ2) is 7.77. The van der Waals surface area contributed by atoms with E-state index in [9.17, 15) is 4.79 Å². The van der Waals surface area contributed by atoms with Gasteiger partial charge in [-0.25, -0.2) is 4.79 Å². The summed E-state index contributed by atoms with van der Waals surface area (Å²) in [5.74, 6) is 0.681. The SMILES string of the molecule is CCC1(c2ccc(N)c(OC(C)C)c2)CCCCN1C(=O)OC(C)(C)C. The Hall–Kier alpha value is -1.91. The number of nitrogens with zero attached hydrogens (tertiary/aromatic N) is 1. The predicted molar refractivity (Wildman–Crippen MR) is 105 cm³/mol. The molecule has 1 aromatic carbocycles. The second-order valence-electron chi connectivity index (χ2n) is 8.39. The van der Waals surface area contributed by atoms with Crippen molar-refractivity contribution in [3.8, 4) is 5.75 Å². The number of anilines is 1. The summed E-state index contributed by atoms with van der Waals surface area (Å²) in [4.78, 5) is 14.8. The number of nitrogens with two attached hydrogens (primary N) is 1. The van der Waals surface area contributed by atoms with Crippen molar-refractivity contribution in [3.05, 3.63) is 23.8 Å². The van der Waals surface area contributed by atoms with E-state index in [0.29, 0.717) is 18.0 Å². The number of rotatable bonds is 4.